The number of aromatic nitrogens is 1. The maximum absolute atomic E-state index is 3.41. The van der Waals surface area contributed by atoms with E-state index >= 15 is 0 Å². The molecule has 2 nitrogen and oxygen atoms in total. The van der Waals surface area contributed by atoms with Gasteiger partial charge in [-0.15, -0.1) is 0 Å². The monoisotopic (exact) mass is 248 g/mol. The van der Waals surface area contributed by atoms with Gasteiger partial charge in [0.1, 0.15) is 0 Å². The van der Waals surface area contributed by atoms with Gasteiger partial charge in [-0.25, -0.2) is 0 Å². The van der Waals surface area contributed by atoms with Crippen LogP contribution >= 0.6 is 11.8 Å². The molecule has 1 aromatic carbocycles. The summed E-state index contributed by atoms with van der Waals surface area (Å²) in [6.07, 6.45) is 4.36. The second kappa shape index (κ2) is 6.12. The first-order valence-corrected chi connectivity index (χ1v) is 7.52. The number of fused-ring (bicyclic) bond motifs is 1. The Morgan fingerprint density at radius 3 is 2.94 bits per heavy atom. The number of hydrogen-bond donors (Lipinski definition) is 1. The molecule has 0 aliphatic rings. The largest absolute Gasteiger partial charge is 0.346 e. The average Bonchev–Trinajstić information content (AvgIpc) is 2.77. The molecule has 0 amide bonds. The van der Waals surface area contributed by atoms with Gasteiger partial charge in [-0.05, 0) is 29.8 Å². The highest BCUT2D eigenvalue weighted by molar-refractivity contribution is 7.98. The first-order valence-electron chi connectivity index (χ1n) is 6.13. The van der Waals surface area contributed by atoms with Crippen molar-refractivity contribution in [1.82, 2.24) is 9.88 Å². The molecule has 0 spiro atoms. The Labute approximate surface area is 107 Å². The van der Waals surface area contributed by atoms with Crippen molar-refractivity contribution in [1.29, 1.82) is 0 Å². The van der Waals surface area contributed by atoms with Crippen LogP contribution in [0.15, 0.2) is 30.5 Å². The minimum atomic E-state index is 0.955. The fourth-order valence-electron chi connectivity index (χ4n) is 2.12. The highest BCUT2D eigenvalue weighted by Gasteiger charge is 2.05. The zero-order valence-electron chi connectivity index (χ0n) is 10.6. The molecule has 1 aromatic heterocycles. The molecule has 3 heteroatoms. The van der Waals surface area contributed by atoms with Crippen molar-refractivity contribution in [3.63, 3.8) is 0 Å². The van der Waals surface area contributed by atoms with Crippen molar-refractivity contribution >= 4 is 22.7 Å². The quantitative estimate of drug-likeness (QED) is 0.846. The maximum atomic E-state index is 3.41. The van der Waals surface area contributed by atoms with Gasteiger partial charge in [-0.1, -0.05) is 25.1 Å². The normalized spacial score (nSPS) is 11.2. The molecule has 1 N–H and O–H groups in total. The summed E-state index contributed by atoms with van der Waals surface area (Å²) >= 11 is 1.90. The summed E-state index contributed by atoms with van der Waals surface area (Å²) in [5, 5.41) is 4.76. The van der Waals surface area contributed by atoms with Crippen molar-refractivity contribution < 1.29 is 0 Å². The van der Waals surface area contributed by atoms with Crippen LogP contribution < -0.4 is 5.32 Å². The Bertz CT molecular complexity index is 476. The third-order valence-electron chi connectivity index (χ3n) is 2.97. The molecule has 17 heavy (non-hydrogen) atoms. The van der Waals surface area contributed by atoms with Gasteiger partial charge in [0.25, 0.3) is 0 Å². The first-order chi connectivity index (χ1) is 8.36. The Morgan fingerprint density at radius 2 is 2.18 bits per heavy atom. The van der Waals surface area contributed by atoms with Gasteiger partial charge in [-0.2, -0.15) is 11.8 Å². The summed E-state index contributed by atoms with van der Waals surface area (Å²) in [7, 11) is 0. The lowest BCUT2D eigenvalue weighted by Gasteiger charge is -2.09. The summed E-state index contributed by atoms with van der Waals surface area (Å²) < 4.78 is 2.37. The highest BCUT2D eigenvalue weighted by atomic mass is 32.2. The van der Waals surface area contributed by atoms with Crippen LogP contribution in [0.25, 0.3) is 10.9 Å². The van der Waals surface area contributed by atoms with E-state index in [-0.39, 0.29) is 0 Å². The van der Waals surface area contributed by atoms with E-state index in [9.17, 15) is 0 Å². The number of nitrogens with zero attached hydrogens (tertiary/aromatic N) is 1. The molecule has 0 saturated heterocycles. The molecule has 0 atom stereocenters. The number of hydrogen-bond acceptors (Lipinski definition) is 2. The van der Waals surface area contributed by atoms with Crippen molar-refractivity contribution in [2.75, 3.05) is 18.6 Å². The number of benzene rings is 1. The number of thioether (sulfide) groups is 1. The number of aryl methyl sites for hydroxylation is 1. The molecule has 1 heterocycles. The Kier molecular flexibility index (Phi) is 4.51. The van der Waals surface area contributed by atoms with Crippen LogP contribution in [0, 0.1) is 0 Å². The fourth-order valence-corrected chi connectivity index (χ4v) is 2.50. The molecule has 0 radical (unpaired) electrons. The molecule has 2 rings (SSSR count). The molecule has 0 aliphatic heterocycles. The number of rotatable bonds is 6. The summed E-state index contributed by atoms with van der Waals surface area (Å²) in [6, 6.07) is 8.78. The van der Waals surface area contributed by atoms with Crippen LogP contribution in [-0.4, -0.2) is 23.1 Å². The van der Waals surface area contributed by atoms with Crippen LogP contribution in [0.1, 0.15) is 12.5 Å². The third kappa shape index (κ3) is 2.85. The third-order valence-corrected chi connectivity index (χ3v) is 3.56. The molecule has 0 saturated carbocycles. The molecule has 0 aliphatic carbocycles. The second-order valence-electron chi connectivity index (χ2n) is 4.14. The van der Waals surface area contributed by atoms with Crippen molar-refractivity contribution in [3.05, 3.63) is 36.0 Å². The van der Waals surface area contributed by atoms with Crippen LogP contribution in [0.5, 0.6) is 0 Å². The van der Waals surface area contributed by atoms with Gasteiger partial charge in [0.05, 0.1) is 5.52 Å². The molecular formula is C14H20N2S. The zero-order valence-corrected chi connectivity index (χ0v) is 11.4. The lowest BCUT2D eigenvalue weighted by Crippen LogP contribution is -2.13. The summed E-state index contributed by atoms with van der Waals surface area (Å²) in [5.74, 6) is 1.17. The van der Waals surface area contributed by atoms with E-state index < -0.39 is 0 Å². The number of nitrogens with one attached hydrogen (secondary N) is 1. The minimum Gasteiger partial charge on any atom is -0.346 e. The smallest absolute Gasteiger partial charge is 0.0526 e. The van der Waals surface area contributed by atoms with E-state index in [0.29, 0.717) is 0 Å². The standard InChI is InChI=1S/C14H20N2S/c1-3-15-11-13-6-4-5-12-7-8-16(14(12)13)9-10-17-2/h4-8,15H,3,9-11H2,1-2H3. The topological polar surface area (TPSA) is 17.0 Å². The molecular weight excluding hydrogens is 228 g/mol. The lowest BCUT2D eigenvalue weighted by molar-refractivity contribution is 0.722. The Balaban J connectivity index is 2.33. The Morgan fingerprint density at radius 1 is 1.29 bits per heavy atom. The molecule has 0 bridgehead atoms. The molecule has 0 unspecified atom stereocenters. The van der Waals surface area contributed by atoms with E-state index in [0.717, 1.165) is 19.6 Å². The number of para-hydroxylation sites is 1. The molecule has 92 valence electrons. The summed E-state index contributed by atoms with van der Waals surface area (Å²) in [4.78, 5) is 0. The van der Waals surface area contributed by atoms with Crippen molar-refractivity contribution in [2.45, 2.75) is 20.0 Å². The zero-order chi connectivity index (χ0) is 12.1. The van der Waals surface area contributed by atoms with Crippen LogP contribution in [0.3, 0.4) is 0 Å². The van der Waals surface area contributed by atoms with Crippen LogP contribution in [0.2, 0.25) is 0 Å². The Hall–Kier alpha value is -0.930. The fraction of sp³-hybridized carbons (Fsp3) is 0.429. The maximum Gasteiger partial charge on any atom is 0.0526 e. The van der Waals surface area contributed by atoms with Gasteiger partial charge in [-0.3, -0.25) is 0 Å². The lowest BCUT2D eigenvalue weighted by atomic mass is 10.1. The highest BCUT2D eigenvalue weighted by Crippen LogP contribution is 2.20. The van der Waals surface area contributed by atoms with E-state index in [1.807, 2.05) is 11.8 Å². The van der Waals surface area contributed by atoms with Crippen molar-refractivity contribution in [3.8, 4) is 0 Å². The van der Waals surface area contributed by atoms with Gasteiger partial charge in [0, 0.05) is 25.0 Å². The predicted octanol–water partition coefficient (Wildman–Crippen LogP) is 3.11. The minimum absolute atomic E-state index is 0.955. The van der Waals surface area contributed by atoms with E-state index in [1.54, 1.807) is 0 Å². The van der Waals surface area contributed by atoms with Gasteiger partial charge in [0.2, 0.25) is 0 Å². The molecule has 2 aromatic rings. The average molecular weight is 248 g/mol. The first kappa shape index (κ1) is 12.5. The van der Waals surface area contributed by atoms with Crippen molar-refractivity contribution in [2.24, 2.45) is 0 Å². The summed E-state index contributed by atoms with van der Waals surface area (Å²) in [5.41, 5.74) is 2.79. The summed E-state index contributed by atoms with van der Waals surface area (Å²) in [6.45, 7) is 5.21. The van der Waals surface area contributed by atoms with Crippen LogP contribution in [0.4, 0.5) is 0 Å². The van der Waals surface area contributed by atoms with Gasteiger partial charge < -0.3 is 9.88 Å². The van der Waals surface area contributed by atoms with E-state index in [1.165, 1.54) is 22.2 Å². The van der Waals surface area contributed by atoms with E-state index in [4.69, 9.17) is 0 Å². The SMILES string of the molecule is CCNCc1cccc2ccn(CCSC)c12. The molecule has 0 fully saturated rings. The van der Waals surface area contributed by atoms with E-state index in [2.05, 4.69) is 53.5 Å². The second-order valence-corrected chi connectivity index (χ2v) is 5.12. The predicted molar refractivity (Wildman–Crippen MR) is 77.7 cm³/mol. The van der Waals surface area contributed by atoms with Crippen LogP contribution in [-0.2, 0) is 13.1 Å². The van der Waals surface area contributed by atoms with Gasteiger partial charge in [0.15, 0.2) is 0 Å². The van der Waals surface area contributed by atoms with Gasteiger partial charge >= 0.3 is 0 Å².